The molecule has 1 aromatic rings. The number of nitrogens with one attached hydrogen (secondary N) is 1. The summed E-state index contributed by atoms with van der Waals surface area (Å²) in [6.45, 7) is 5.46. The summed E-state index contributed by atoms with van der Waals surface area (Å²) >= 11 is 0. The number of anilines is 2. The number of likely N-dealkylation sites (tertiary alicyclic amines) is 1. The monoisotopic (exact) mass is 234 g/mol. The van der Waals surface area contributed by atoms with E-state index in [9.17, 15) is 0 Å². The molecule has 2 rings (SSSR count). The van der Waals surface area contributed by atoms with E-state index in [0.717, 1.165) is 29.5 Å². The molecule has 3 N–H and O–H groups in total. The van der Waals surface area contributed by atoms with Gasteiger partial charge in [-0.1, -0.05) is 0 Å². The molecule has 1 unspecified atom stereocenters. The maximum Gasteiger partial charge on any atom is 0.129 e. The van der Waals surface area contributed by atoms with Crippen LogP contribution in [0.3, 0.4) is 0 Å². The molecule has 1 fully saturated rings. The second-order valence-electron chi connectivity index (χ2n) is 5.09. The van der Waals surface area contributed by atoms with E-state index in [1.54, 1.807) is 6.20 Å². The first kappa shape index (κ1) is 12.2. The molecule has 17 heavy (non-hydrogen) atoms. The van der Waals surface area contributed by atoms with Gasteiger partial charge in [0, 0.05) is 13.1 Å². The Bertz CT molecular complexity index is 378. The van der Waals surface area contributed by atoms with E-state index >= 15 is 0 Å². The molecule has 0 bridgehead atoms. The maximum absolute atomic E-state index is 5.69. The van der Waals surface area contributed by atoms with Crippen LogP contribution in [0.1, 0.15) is 18.4 Å². The lowest BCUT2D eigenvalue weighted by molar-refractivity contribution is 0.217. The van der Waals surface area contributed by atoms with Crippen LogP contribution >= 0.6 is 0 Å². The van der Waals surface area contributed by atoms with E-state index in [1.807, 2.05) is 13.0 Å². The van der Waals surface area contributed by atoms with Crippen molar-refractivity contribution in [3.8, 4) is 0 Å². The lowest BCUT2D eigenvalue weighted by atomic mass is 9.98. The van der Waals surface area contributed by atoms with Crippen molar-refractivity contribution in [2.24, 2.45) is 5.92 Å². The molecule has 0 aliphatic carbocycles. The third-order valence-corrected chi connectivity index (χ3v) is 3.38. The van der Waals surface area contributed by atoms with Crippen molar-refractivity contribution in [1.82, 2.24) is 9.88 Å². The van der Waals surface area contributed by atoms with Gasteiger partial charge in [-0.15, -0.1) is 0 Å². The number of pyridine rings is 1. The van der Waals surface area contributed by atoms with Gasteiger partial charge in [0.05, 0.1) is 11.9 Å². The lowest BCUT2D eigenvalue weighted by Gasteiger charge is -2.29. The summed E-state index contributed by atoms with van der Waals surface area (Å²) in [5.41, 5.74) is 7.53. The van der Waals surface area contributed by atoms with Gasteiger partial charge in [-0.2, -0.15) is 0 Å². The van der Waals surface area contributed by atoms with E-state index in [4.69, 9.17) is 5.73 Å². The molecule has 94 valence electrons. The highest BCUT2D eigenvalue weighted by atomic mass is 15.1. The number of hydrogen-bond acceptors (Lipinski definition) is 4. The van der Waals surface area contributed by atoms with Gasteiger partial charge in [-0.05, 0) is 50.9 Å². The van der Waals surface area contributed by atoms with E-state index in [0.29, 0.717) is 0 Å². The Hall–Kier alpha value is -1.29. The zero-order valence-electron chi connectivity index (χ0n) is 10.7. The number of hydrogen-bond donors (Lipinski definition) is 2. The fourth-order valence-corrected chi connectivity index (χ4v) is 2.46. The van der Waals surface area contributed by atoms with E-state index in [2.05, 4.69) is 22.2 Å². The van der Waals surface area contributed by atoms with Gasteiger partial charge in [0.15, 0.2) is 0 Å². The molecule has 1 aromatic heterocycles. The summed E-state index contributed by atoms with van der Waals surface area (Å²) in [4.78, 5) is 6.73. The van der Waals surface area contributed by atoms with E-state index in [-0.39, 0.29) is 0 Å². The molecule has 1 atom stereocenters. The zero-order chi connectivity index (χ0) is 12.3. The highest BCUT2D eigenvalue weighted by molar-refractivity contribution is 5.50. The van der Waals surface area contributed by atoms with E-state index < -0.39 is 0 Å². The molecule has 0 spiro atoms. The summed E-state index contributed by atoms with van der Waals surface area (Å²) in [6, 6.07) is 1.96. The van der Waals surface area contributed by atoms with Crippen LogP contribution in [-0.2, 0) is 0 Å². The number of nitrogens with zero attached hydrogens (tertiary/aromatic N) is 2. The smallest absolute Gasteiger partial charge is 0.129 e. The molecule has 1 saturated heterocycles. The number of piperidine rings is 1. The van der Waals surface area contributed by atoms with Gasteiger partial charge in [0.1, 0.15) is 5.82 Å². The van der Waals surface area contributed by atoms with Gasteiger partial charge in [-0.3, -0.25) is 0 Å². The van der Waals surface area contributed by atoms with Crippen LogP contribution in [0.5, 0.6) is 0 Å². The molecule has 0 amide bonds. The molecular weight excluding hydrogens is 212 g/mol. The first-order valence-electron chi connectivity index (χ1n) is 6.29. The number of nitrogen functional groups attached to an aromatic ring is 1. The van der Waals surface area contributed by atoms with Crippen molar-refractivity contribution >= 4 is 11.5 Å². The zero-order valence-corrected chi connectivity index (χ0v) is 10.7. The fourth-order valence-electron chi connectivity index (χ4n) is 2.46. The second kappa shape index (κ2) is 5.36. The molecular formula is C13H22N4. The van der Waals surface area contributed by atoms with Gasteiger partial charge in [0.25, 0.3) is 0 Å². The fraction of sp³-hybridized carbons (Fsp3) is 0.615. The lowest BCUT2D eigenvalue weighted by Crippen LogP contribution is -2.35. The Morgan fingerprint density at radius 1 is 1.59 bits per heavy atom. The summed E-state index contributed by atoms with van der Waals surface area (Å²) < 4.78 is 0. The predicted molar refractivity (Wildman–Crippen MR) is 72.1 cm³/mol. The number of aryl methyl sites for hydroxylation is 1. The first-order valence-corrected chi connectivity index (χ1v) is 6.29. The predicted octanol–water partition coefficient (Wildman–Crippen LogP) is 1.73. The first-order chi connectivity index (χ1) is 8.15. The van der Waals surface area contributed by atoms with Crippen molar-refractivity contribution in [1.29, 1.82) is 0 Å². The minimum Gasteiger partial charge on any atom is -0.397 e. The number of nitrogens with two attached hydrogens (primary N) is 1. The summed E-state index contributed by atoms with van der Waals surface area (Å²) in [5.74, 6) is 1.69. The van der Waals surface area contributed by atoms with Crippen LogP contribution < -0.4 is 11.1 Å². The van der Waals surface area contributed by atoms with Crippen LogP contribution in [0.25, 0.3) is 0 Å². The summed E-state index contributed by atoms with van der Waals surface area (Å²) in [5, 5.41) is 3.44. The van der Waals surface area contributed by atoms with Crippen molar-refractivity contribution in [2.75, 3.05) is 37.7 Å². The Labute approximate surface area is 103 Å². The maximum atomic E-state index is 5.69. The van der Waals surface area contributed by atoms with Crippen LogP contribution in [0.4, 0.5) is 11.5 Å². The molecule has 2 heterocycles. The topological polar surface area (TPSA) is 54.2 Å². The minimum atomic E-state index is 0.727. The van der Waals surface area contributed by atoms with Crippen LogP contribution in [-0.4, -0.2) is 36.6 Å². The highest BCUT2D eigenvalue weighted by Gasteiger charge is 2.17. The van der Waals surface area contributed by atoms with E-state index in [1.165, 1.54) is 25.9 Å². The Morgan fingerprint density at radius 3 is 3.12 bits per heavy atom. The third kappa shape index (κ3) is 3.33. The van der Waals surface area contributed by atoms with Gasteiger partial charge in [-0.25, -0.2) is 4.98 Å². The van der Waals surface area contributed by atoms with Gasteiger partial charge in [0.2, 0.25) is 0 Å². The van der Waals surface area contributed by atoms with Crippen molar-refractivity contribution in [2.45, 2.75) is 19.8 Å². The van der Waals surface area contributed by atoms with Gasteiger partial charge < -0.3 is 16.0 Å². The average molecular weight is 234 g/mol. The molecule has 0 aromatic carbocycles. The molecule has 0 saturated carbocycles. The van der Waals surface area contributed by atoms with Crippen LogP contribution in [0, 0.1) is 12.8 Å². The quantitative estimate of drug-likeness (QED) is 0.836. The van der Waals surface area contributed by atoms with Crippen LogP contribution in [0.2, 0.25) is 0 Å². The number of rotatable bonds is 3. The summed E-state index contributed by atoms with van der Waals surface area (Å²) in [7, 11) is 2.19. The molecule has 1 aliphatic heterocycles. The summed E-state index contributed by atoms with van der Waals surface area (Å²) in [6.07, 6.45) is 4.32. The molecule has 1 aliphatic rings. The second-order valence-corrected chi connectivity index (χ2v) is 5.09. The Balaban J connectivity index is 1.88. The minimum absolute atomic E-state index is 0.727. The molecule has 0 radical (unpaired) electrons. The number of aromatic nitrogens is 1. The Kier molecular flexibility index (Phi) is 3.84. The van der Waals surface area contributed by atoms with Crippen molar-refractivity contribution in [3.63, 3.8) is 0 Å². The standard InChI is InChI=1S/C13H22N4/c1-10-6-12(14)8-16-13(10)15-7-11-4-3-5-17(2)9-11/h6,8,11H,3-5,7,9,14H2,1-2H3,(H,15,16). The average Bonchev–Trinajstić information content (AvgIpc) is 2.28. The largest absolute Gasteiger partial charge is 0.397 e. The molecule has 4 heteroatoms. The van der Waals surface area contributed by atoms with Crippen LogP contribution in [0.15, 0.2) is 12.3 Å². The van der Waals surface area contributed by atoms with Crippen molar-refractivity contribution in [3.05, 3.63) is 17.8 Å². The highest BCUT2D eigenvalue weighted by Crippen LogP contribution is 2.18. The normalized spacial score (nSPS) is 21.4. The van der Waals surface area contributed by atoms with Gasteiger partial charge >= 0.3 is 0 Å². The SMILES string of the molecule is Cc1cc(N)cnc1NCC1CCCN(C)C1. The Morgan fingerprint density at radius 2 is 2.41 bits per heavy atom. The third-order valence-electron chi connectivity index (χ3n) is 3.38. The van der Waals surface area contributed by atoms with Crippen molar-refractivity contribution < 1.29 is 0 Å². The molecule has 4 nitrogen and oxygen atoms in total.